The van der Waals surface area contributed by atoms with Gasteiger partial charge in [-0.1, -0.05) is 24.4 Å². The molecule has 1 aromatic rings. The number of nitrogens with two attached hydrogens (primary N) is 1. The number of hydrogen-bond acceptors (Lipinski definition) is 6. The molecule has 0 spiro atoms. The zero-order valence-electron chi connectivity index (χ0n) is 12.2. The lowest BCUT2D eigenvalue weighted by molar-refractivity contribution is 0.217. The second kappa shape index (κ2) is 6.03. The standard InChI is InChI=1S/C14H24N4OS/c1-18-7-8-20-9-11(18)12-16-13(19-17-12)14(10-15)5-3-2-4-6-14/h11H,2-10,15H2,1H3. The van der Waals surface area contributed by atoms with E-state index in [0.29, 0.717) is 6.54 Å². The van der Waals surface area contributed by atoms with Gasteiger partial charge in [-0.25, -0.2) is 0 Å². The van der Waals surface area contributed by atoms with Crippen molar-refractivity contribution in [2.24, 2.45) is 5.73 Å². The maximum atomic E-state index is 6.04. The average Bonchev–Trinajstić information content (AvgIpc) is 2.98. The minimum atomic E-state index is -0.0656. The molecule has 0 radical (unpaired) electrons. The van der Waals surface area contributed by atoms with Gasteiger partial charge >= 0.3 is 0 Å². The second-order valence-corrected chi connectivity index (χ2v) is 7.22. The molecule has 2 fully saturated rings. The molecule has 1 atom stereocenters. The third-order valence-electron chi connectivity index (χ3n) is 4.79. The largest absolute Gasteiger partial charge is 0.339 e. The second-order valence-electron chi connectivity index (χ2n) is 6.07. The Morgan fingerprint density at radius 1 is 1.40 bits per heavy atom. The minimum Gasteiger partial charge on any atom is -0.339 e. The van der Waals surface area contributed by atoms with E-state index in [1.165, 1.54) is 25.0 Å². The molecule has 20 heavy (non-hydrogen) atoms. The molecule has 2 heterocycles. The van der Waals surface area contributed by atoms with Gasteiger partial charge in [0.15, 0.2) is 5.82 Å². The monoisotopic (exact) mass is 296 g/mol. The van der Waals surface area contributed by atoms with Gasteiger partial charge in [0.25, 0.3) is 0 Å². The zero-order valence-corrected chi connectivity index (χ0v) is 13.0. The van der Waals surface area contributed by atoms with Crippen LogP contribution in [0, 0.1) is 0 Å². The summed E-state index contributed by atoms with van der Waals surface area (Å²) in [6, 6.07) is 0.282. The summed E-state index contributed by atoms with van der Waals surface area (Å²) < 4.78 is 5.62. The molecule has 0 bridgehead atoms. The summed E-state index contributed by atoms with van der Waals surface area (Å²) in [5.74, 6) is 3.85. The molecule has 2 N–H and O–H groups in total. The molecule has 3 rings (SSSR count). The van der Waals surface area contributed by atoms with Crippen LogP contribution in [0.4, 0.5) is 0 Å². The highest BCUT2D eigenvalue weighted by atomic mass is 32.2. The number of rotatable bonds is 3. The Balaban J connectivity index is 1.81. The first-order chi connectivity index (χ1) is 9.75. The van der Waals surface area contributed by atoms with Crippen molar-refractivity contribution in [1.29, 1.82) is 0 Å². The Hall–Kier alpha value is -0.590. The maximum Gasteiger partial charge on any atom is 0.234 e. The van der Waals surface area contributed by atoms with Crippen LogP contribution in [0.3, 0.4) is 0 Å². The van der Waals surface area contributed by atoms with Crippen LogP contribution in [0.5, 0.6) is 0 Å². The highest BCUT2D eigenvalue weighted by Gasteiger charge is 2.39. The molecule has 1 aliphatic carbocycles. The highest BCUT2D eigenvalue weighted by Crippen LogP contribution is 2.38. The summed E-state index contributed by atoms with van der Waals surface area (Å²) in [4.78, 5) is 7.06. The summed E-state index contributed by atoms with van der Waals surface area (Å²) in [5.41, 5.74) is 5.98. The predicted octanol–water partition coefficient (Wildman–Crippen LogP) is 1.95. The predicted molar refractivity (Wildman–Crippen MR) is 80.8 cm³/mol. The zero-order chi connectivity index (χ0) is 14.0. The van der Waals surface area contributed by atoms with E-state index in [1.807, 2.05) is 11.8 Å². The van der Waals surface area contributed by atoms with Crippen LogP contribution >= 0.6 is 11.8 Å². The molecule has 1 saturated heterocycles. The smallest absolute Gasteiger partial charge is 0.234 e. The SMILES string of the molecule is CN1CCSCC1c1noc(C2(CN)CCCCC2)n1. The van der Waals surface area contributed by atoms with Crippen molar-refractivity contribution in [1.82, 2.24) is 15.0 Å². The minimum absolute atomic E-state index is 0.0656. The van der Waals surface area contributed by atoms with Gasteiger partial charge in [0.1, 0.15) is 0 Å². The van der Waals surface area contributed by atoms with Gasteiger partial charge in [0.2, 0.25) is 5.89 Å². The molecular weight excluding hydrogens is 272 g/mol. The Bertz CT molecular complexity index is 444. The highest BCUT2D eigenvalue weighted by molar-refractivity contribution is 7.99. The number of thioether (sulfide) groups is 1. The van der Waals surface area contributed by atoms with E-state index in [9.17, 15) is 0 Å². The summed E-state index contributed by atoms with van der Waals surface area (Å²) in [6.07, 6.45) is 5.90. The lowest BCUT2D eigenvalue weighted by Crippen LogP contribution is -2.38. The lowest BCUT2D eigenvalue weighted by atomic mass is 9.74. The lowest BCUT2D eigenvalue weighted by Gasteiger charge is -2.32. The number of aromatic nitrogens is 2. The quantitative estimate of drug-likeness (QED) is 0.919. The van der Waals surface area contributed by atoms with Crippen molar-refractivity contribution < 1.29 is 4.52 Å². The van der Waals surface area contributed by atoms with Crippen LogP contribution < -0.4 is 5.73 Å². The first kappa shape index (κ1) is 14.4. The summed E-state index contributed by atoms with van der Waals surface area (Å²) in [5, 5.41) is 4.26. The van der Waals surface area contributed by atoms with Gasteiger partial charge in [-0.2, -0.15) is 16.7 Å². The fraction of sp³-hybridized carbons (Fsp3) is 0.857. The van der Waals surface area contributed by atoms with E-state index >= 15 is 0 Å². The molecule has 1 aliphatic heterocycles. The first-order valence-electron chi connectivity index (χ1n) is 7.57. The molecule has 0 amide bonds. The number of hydrogen-bond donors (Lipinski definition) is 1. The summed E-state index contributed by atoms with van der Waals surface area (Å²) in [7, 11) is 2.14. The third kappa shape index (κ3) is 2.61. The molecule has 1 saturated carbocycles. The third-order valence-corrected chi connectivity index (χ3v) is 5.81. The Kier molecular flexibility index (Phi) is 4.33. The van der Waals surface area contributed by atoms with Gasteiger partial charge in [0.05, 0.1) is 11.5 Å². The topological polar surface area (TPSA) is 68.2 Å². The molecule has 5 nitrogen and oxygen atoms in total. The van der Waals surface area contributed by atoms with Gasteiger partial charge in [0, 0.05) is 24.6 Å². The van der Waals surface area contributed by atoms with Crippen molar-refractivity contribution in [3.05, 3.63) is 11.7 Å². The van der Waals surface area contributed by atoms with Crippen LogP contribution in [0.25, 0.3) is 0 Å². The van der Waals surface area contributed by atoms with Crippen molar-refractivity contribution in [3.63, 3.8) is 0 Å². The molecule has 1 unspecified atom stereocenters. The fourth-order valence-corrected chi connectivity index (χ4v) is 4.49. The Morgan fingerprint density at radius 2 is 2.20 bits per heavy atom. The van der Waals surface area contributed by atoms with Crippen LogP contribution in [-0.2, 0) is 5.41 Å². The average molecular weight is 296 g/mol. The van der Waals surface area contributed by atoms with E-state index in [4.69, 9.17) is 15.2 Å². The maximum absolute atomic E-state index is 6.04. The Labute approximate surface area is 124 Å². The molecular formula is C14H24N4OS. The van der Waals surface area contributed by atoms with Crippen LogP contribution in [-0.4, -0.2) is 46.7 Å². The van der Waals surface area contributed by atoms with Crippen molar-refractivity contribution >= 4 is 11.8 Å². The van der Waals surface area contributed by atoms with Gasteiger partial charge < -0.3 is 10.3 Å². The fourth-order valence-electron chi connectivity index (χ4n) is 3.28. The molecule has 0 aromatic carbocycles. The molecule has 112 valence electrons. The first-order valence-corrected chi connectivity index (χ1v) is 8.73. The number of nitrogens with zero attached hydrogens (tertiary/aromatic N) is 3. The van der Waals surface area contributed by atoms with Crippen molar-refractivity contribution in [2.75, 3.05) is 31.6 Å². The van der Waals surface area contributed by atoms with Gasteiger partial charge in [-0.15, -0.1) is 0 Å². The summed E-state index contributed by atoms with van der Waals surface area (Å²) >= 11 is 1.96. The van der Waals surface area contributed by atoms with Crippen LogP contribution in [0.1, 0.15) is 49.9 Å². The van der Waals surface area contributed by atoms with E-state index in [-0.39, 0.29) is 11.5 Å². The van der Waals surface area contributed by atoms with E-state index in [2.05, 4.69) is 17.1 Å². The van der Waals surface area contributed by atoms with Gasteiger partial charge in [-0.05, 0) is 19.9 Å². The van der Waals surface area contributed by atoms with Gasteiger partial charge in [-0.3, -0.25) is 4.90 Å². The Morgan fingerprint density at radius 3 is 2.90 bits per heavy atom. The van der Waals surface area contributed by atoms with Crippen molar-refractivity contribution in [3.8, 4) is 0 Å². The molecule has 1 aromatic heterocycles. The van der Waals surface area contributed by atoms with E-state index in [0.717, 1.165) is 36.9 Å². The van der Waals surface area contributed by atoms with E-state index < -0.39 is 0 Å². The van der Waals surface area contributed by atoms with Crippen LogP contribution in [0.15, 0.2) is 4.52 Å². The van der Waals surface area contributed by atoms with Crippen LogP contribution in [0.2, 0.25) is 0 Å². The van der Waals surface area contributed by atoms with E-state index in [1.54, 1.807) is 0 Å². The normalized spacial score (nSPS) is 27.6. The van der Waals surface area contributed by atoms with Crippen molar-refractivity contribution in [2.45, 2.75) is 43.6 Å². The molecule has 2 aliphatic rings. The molecule has 6 heteroatoms. The summed E-state index contributed by atoms with van der Waals surface area (Å²) in [6.45, 7) is 1.70.